The summed E-state index contributed by atoms with van der Waals surface area (Å²) in [5.41, 5.74) is 0. The van der Waals surface area contributed by atoms with Crippen LogP contribution < -0.4 is 0 Å². The van der Waals surface area contributed by atoms with Gasteiger partial charge in [-0.3, -0.25) is 0 Å². The zero-order chi connectivity index (χ0) is 7.66. The zero-order valence-corrected chi connectivity index (χ0v) is 6.38. The first-order valence-corrected chi connectivity index (χ1v) is 3.57. The lowest BCUT2D eigenvalue weighted by atomic mass is 10.5. The van der Waals surface area contributed by atoms with E-state index in [4.69, 9.17) is 14.6 Å². The smallest absolute Gasteiger partial charge is 0.209 e. The van der Waals surface area contributed by atoms with Crippen molar-refractivity contribution < 1.29 is 14.6 Å². The third-order valence-electron chi connectivity index (χ3n) is 0.878. The van der Waals surface area contributed by atoms with Crippen molar-refractivity contribution in [3.05, 3.63) is 6.79 Å². The average molecular weight is 147 g/mol. The summed E-state index contributed by atoms with van der Waals surface area (Å²) in [5, 5.41) is 8.33. The Morgan fingerprint density at radius 1 is 1.30 bits per heavy atom. The highest BCUT2D eigenvalue weighted by Crippen LogP contribution is 1.88. The van der Waals surface area contributed by atoms with E-state index in [0.717, 1.165) is 6.42 Å². The van der Waals surface area contributed by atoms with Gasteiger partial charge in [0.25, 0.3) is 0 Å². The molecule has 0 bridgehead atoms. The second kappa shape index (κ2) is 8.88. The van der Waals surface area contributed by atoms with Gasteiger partial charge in [-0.05, 0) is 12.8 Å². The molecule has 0 aromatic rings. The molecule has 61 valence electrons. The SMILES string of the molecule is CCCO[CH]OCCCO. The van der Waals surface area contributed by atoms with E-state index in [9.17, 15) is 0 Å². The number of aliphatic hydroxyl groups excluding tert-OH is 1. The molecule has 3 nitrogen and oxygen atoms in total. The fraction of sp³-hybridized carbons (Fsp3) is 0.857. The Hall–Kier alpha value is -0.120. The second-order valence-electron chi connectivity index (χ2n) is 1.91. The summed E-state index contributed by atoms with van der Waals surface area (Å²) in [7, 11) is 0. The highest BCUT2D eigenvalue weighted by Gasteiger charge is 1.87. The van der Waals surface area contributed by atoms with Gasteiger partial charge < -0.3 is 14.6 Å². The fourth-order valence-electron chi connectivity index (χ4n) is 0.410. The lowest BCUT2D eigenvalue weighted by molar-refractivity contribution is 0.0163. The summed E-state index contributed by atoms with van der Waals surface area (Å²) < 4.78 is 9.77. The van der Waals surface area contributed by atoms with E-state index in [-0.39, 0.29) is 6.61 Å². The van der Waals surface area contributed by atoms with Crippen molar-refractivity contribution >= 4 is 0 Å². The number of hydrogen-bond acceptors (Lipinski definition) is 3. The molecule has 0 aromatic heterocycles. The first-order chi connectivity index (χ1) is 4.91. The first-order valence-electron chi connectivity index (χ1n) is 3.57. The molecule has 0 aliphatic heterocycles. The van der Waals surface area contributed by atoms with Gasteiger partial charge in [-0.25, -0.2) is 0 Å². The van der Waals surface area contributed by atoms with Crippen molar-refractivity contribution in [1.82, 2.24) is 0 Å². The molecule has 0 heterocycles. The van der Waals surface area contributed by atoms with E-state index in [1.165, 1.54) is 6.79 Å². The van der Waals surface area contributed by atoms with E-state index in [0.29, 0.717) is 19.6 Å². The molecule has 1 radical (unpaired) electrons. The van der Waals surface area contributed by atoms with Crippen LogP contribution in [0.15, 0.2) is 0 Å². The van der Waals surface area contributed by atoms with Crippen LogP contribution in [-0.4, -0.2) is 24.9 Å². The van der Waals surface area contributed by atoms with Gasteiger partial charge in [-0.1, -0.05) is 6.92 Å². The summed E-state index contributed by atoms with van der Waals surface area (Å²) in [6.07, 6.45) is 1.64. The summed E-state index contributed by atoms with van der Waals surface area (Å²) in [5.74, 6) is 0. The van der Waals surface area contributed by atoms with Crippen molar-refractivity contribution in [2.45, 2.75) is 19.8 Å². The Morgan fingerprint density at radius 3 is 2.60 bits per heavy atom. The van der Waals surface area contributed by atoms with Crippen LogP contribution >= 0.6 is 0 Å². The Labute approximate surface area is 62.0 Å². The first kappa shape index (κ1) is 9.88. The maximum absolute atomic E-state index is 8.33. The monoisotopic (exact) mass is 147 g/mol. The standard InChI is InChI=1S/C7H15O3/c1-2-5-9-7-10-6-3-4-8/h7-8H,2-6H2,1H3. The van der Waals surface area contributed by atoms with Gasteiger partial charge in [0.2, 0.25) is 6.79 Å². The molecule has 0 saturated heterocycles. The van der Waals surface area contributed by atoms with Crippen LogP contribution in [0.3, 0.4) is 0 Å². The number of aliphatic hydroxyl groups is 1. The van der Waals surface area contributed by atoms with Gasteiger partial charge in [0.15, 0.2) is 0 Å². The van der Waals surface area contributed by atoms with Crippen molar-refractivity contribution in [2.75, 3.05) is 19.8 Å². The van der Waals surface area contributed by atoms with Gasteiger partial charge >= 0.3 is 0 Å². The minimum absolute atomic E-state index is 0.168. The molecule has 0 unspecified atom stereocenters. The fourth-order valence-corrected chi connectivity index (χ4v) is 0.410. The van der Waals surface area contributed by atoms with Gasteiger partial charge in [0, 0.05) is 13.2 Å². The minimum Gasteiger partial charge on any atom is -0.396 e. The predicted molar refractivity (Wildman–Crippen MR) is 38.2 cm³/mol. The third kappa shape index (κ3) is 7.88. The summed E-state index contributed by atoms with van der Waals surface area (Å²) in [6.45, 7) is 4.75. The maximum atomic E-state index is 8.33. The Bertz CT molecular complexity index is 48.8. The summed E-state index contributed by atoms with van der Waals surface area (Å²) in [4.78, 5) is 0. The van der Waals surface area contributed by atoms with Crippen LogP contribution in [0.1, 0.15) is 19.8 Å². The average Bonchev–Trinajstić information content (AvgIpc) is 1.97. The van der Waals surface area contributed by atoms with Crippen LogP contribution in [0, 0.1) is 6.79 Å². The van der Waals surface area contributed by atoms with E-state index in [1.807, 2.05) is 6.92 Å². The molecular formula is C7H15O3. The molecule has 0 aromatic carbocycles. The number of hydrogen-bond donors (Lipinski definition) is 1. The van der Waals surface area contributed by atoms with Gasteiger partial charge in [0.1, 0.15) is 0 Å². The van der Waals surface area contributed by atoms with Crippen LogP contribution in [0.5, 0.6) is 0 Å². The van der Waals surface area contributed by atoms with Crippen molar-refractivity contribution in [3.63, 3.8) is 0 Å². The normalized spacial score (nSPS) is 10.2. The molecule has 0 amide bonds. The van der Waals surface area contributed by atoms with Crippen LogP contribution in [0.4, 0.5) is 0 Å². The summed E-state index contributed by atoms with van der Waals surface area (Å²) >= 11 is 0. The van der Waals surface area contributed by atoms with Crippen molar-refractivity contribution in [2.24, 2.45) is 0 Å². The lowest BCUT2D eigenvalue weighted by Crippen LogP contribution is -1.98. The quantitative estimate of drug-likeness (QED) is 0.544. The summed E-state index contributed by atoms with van der Waals surface area (Å²) in [6, 6.07) is 0. The minimum atomic E-state index is 0.168. The molecule has 10 heavy (non-hydrogen) atoms. The number of rotatable bonds is 7. The van der Waals surface area contributed by atoms with Crippen LogP contribution in [-0.2, 0) is 9.47 Å². The number of ether oxygens (including phenoxy) is 2. The molecule has 0 atom stereocenters. The molecule has 3 heteroatoms. The van der Waals surface area contributed by atoms with Gasteiger partial charge in [0.05, 0.1) is 6.61 Å². The van der Waals surface area contributed by atoms with Crippen LogP contribution in [0.2, 0.25) is 0 Å². The zero-order valence-electron chi connectivity index (χ0n) is 6.38. The highest BCUT2D eigenvalue weighted by molar-refractivity contribution is 4.34. The Balaban J connectivity index is 2.65. The molecule has 0 spiro atoms. The van der Waals surface area contributed by atoms with E-state index >= 15 is 0 Å². The molecule has 0 aliphatic rings. The van der Waals surface area contributed by atoms with Crippen LogP contribution in [0.25, 0.3) is 0 Å². The maximum Gasteiger partial charge on any atom is 0.209 e. The second-order valence-corrected chi connectivity index (χ2v) is 1.91. The Kier molecular flexibility index (Phi) is 8.77. The van der Waals surface area contributed by atoms with Crippen molar-refractivity contribution in [1.29, 1.82) is 0 Å². The third-order valence-corrected chi connectivity index (χ3v) is 0.878. The molecule has 0 fully saturated rings. The molecular weight excluding hydrogens is 132 g/mol. The van der Waals surface area contributed by atoms with Gasteiger partial charge in [-0.2, -0.15) is 0 Å². The molecule has 0 saturated carbocycles. The Morgan fingerprint density at radius 2 is 2.00 bits per heavy atom. The van der Waals surface area contributed by atoms with E-state index < -0.39 is 0 Å². The van der Waals surface area contributed by atoms with Gasteiger partial charge in [-0.15, -0.1) is 0 Å². The highest BCUT2D eigenvalue weighted by atomic mass is 16.7. The predicted octanol–water partition coefficient (Wildman–Crippen LogP) is 0.931. The van der Waals surface area contributed by atoms with E-state index in [2.05, 4.69) is 0 Å². The lowest BCUT2D eigenvalue weighted by Gasteiger charge is -2.00. The molecule has 0 rings (SSSR count). The topological polar surface area (TPSA) is 38.7 Å². The molecule has 0 aliphatic carbocycles. The largest absolute Gasteiger partial charge is 0.396 e. The molecule has 1 N–H and O–H groups in total. The van der Waals surface area contributed by atoms with E-state index in [1.54, 1.807) is 0 Å². The van der Waals surface area contributed by atoms with Crippen molar-refractivity contribution in [3.8, 4) is 0 Å².